The van der Waals surface area contributed by atoms with Gasteiger partial charge >= 0.3 is 0 Å². The lowest BCUT2D eigenvalue weighted by Gasteiger charge is -2.13. The first-order valence-corrected chi connectivity index (χ1v) is 7.08. The van der Waals surface area contributed by atoms with E-state index in [1.165, 1.54) is 6.07 Å². The van der Waals surface area contributed by atoms with E-state index in [0.717, 1.165) is 28.1 Å². The van der Waals surface area contributed by atoms with Gasteiger partial charge in [0.1, 0.15) is 0 Å². The Bertz CT molecular complexity index is 897. The lowest BCUT2D eigenvalue weighted by molar-refractivity contribution is 0.408. The van der Waals surface area contributed by atoms with Gasteiger partial charge in [-0.3, -0.25) is 0 Å². The van der Waals surface area contributed by atoms with E-state index in [4.69, 9.17) is 5.26 Å². The van der Waals surface area contributed by atoms with Crippen LogP contribution in [0.2, 0.25) is 0 Å². The Hall–Kier alpha value is -2.93. The van der Waals surface area contributed by atoms with Crippen LogP contribution in [-0.2, 0) is 6.42 Å². The van der Waals surface area contributed by atoms with Crippen molar-refractivity contribution in [1.29, 1.82) is 5.26 Å². The molecule has 110 valence electrons. The van der Waals surface area contributed by atoms with Gasteiger partial charge in [-0.25, -0.2) is 0 Å². The third-order valence-corrected chi connectivity index (χ3v) is 3.97. The fraction of sp³-hybridized carbons (Fsp3) is 0.167. The number of aromatic hydroxyl groups is 2. The molecule has 0 aliphatic rings. The normalized spacial score (nSPS) is 10.7. The van der Waals surface area contributed by atoms with Gasteiger partial charge in [-0.15, -0.1) is 0 Å². The standard InChI is InChI=1S/C18H16N2O2/c1-20(11-19)10-9-12-3-2-4-15-14(12)7-5-13-6-8-16(21)18(22)17(13)15/h2-8,21-22H,9-10H2,1H3. The predicted molar refractivity (Wildman–Crippen MR) is 86.7 cm³/mol. The zero-order valence-corrected chi connectivity index (χ0v) is 12.2. The summed E-state index contributed by atoms with van der Waals surface area (Å²) in [5.41, 5.74) is 1.12. The van der Waals surface area contributed by atoms with Crippen molar-refractivity contribution in [2.45, 2.75) is 6.42 Å². The Morgan fingerprint density at radius 3 is 2.59 bits per heavy atom. The zero-order chi connectivity index (χ0) is 15.7. The Morgan fingerprint density at radius 2 is 1.82 bits per heavy atom. The topological polar surface area (TPSA) is 67.5 Å². The van der Waals surface area contributed by atoms with E-state index in [1.807, 2.05) is 30.3 Å². The molecule has 2 N–H and O–H groups in total. The molecule has 3 aromatic rings. The number of nitrogens with zero attached hydrogens (tertiary/aromatic N) is 2. The summed E-state index contributed by atoms with van der Waals surface area (Å²) in [4.78, 5) is 1.59. The van der Waals surface area contributed by atoms with E-state index in [9.17, 15) is 10.2 Å². The minimum atomic E-state index is -0.116. The highest BCUT2D eigenvalue weighted by molar-refractivity contribution is 6.12. The van der Waals surface area contributed by atoms with Gasteiger partial charge in [0.2, 0.25) is 0 Å². The van der Waals surface area contributed by atoms with Gasteiger partial charge in [0.05, 0.1) is 0 Å². The number of fused-ring (bicyclic) bond motifs is 3. The van der Waals surface area contributed by atoms with Gasteiger partial charge in [-0.1, -0.05) is 36.4 Å². The second kappa shape index (κ2) is 5.45. The van der Waals surface area contributed by atoms with Gasteiger partial charge in [0, 0.05) is 19.0 Å². The summed E-state index contributed by atoms with van der Waals surface area (Å²) < 4.78 is 0. The summed E-state index contributed by atoms with van der Waals surface area (Å²) in [6.45, 7) is 0.639. The quantitative estimate of drug-likeness (QED) is 0.336. The van der Waals surface area contributed by atoms with Crippen molar-refractivity contribution in [1.82, 2.24) is 4.90 Å². The van der Waals surface area contributed by atoms with Gasteiger partial charge in [0.15, 0.2) is 17.7 Å². The fourth-order valence-electron chi connectivity index (χ4n) is 2.77. The van der Waals surface area contributed by atoms with Crippen molar-refractivity contribution < 1.29 is 10.2 Å². The zero-order valence-electron chi connectivity index (χ0n) is 12.2. The predicted octanol–water partition coefficient (Wildman–Crippen LogP) is 3.36. The maximum atomic E-state index is 10.2. The van der Waals surface area contributed by atoms with Crippen LogP contribution in [0.15, 0.2) is 42.5 Å². The third-order valence-electron chi connectivity index (χ3n) is 3.97. The second-order valence-corrected chi connectivity index (χ2v) is 5.38. The molecular formula is C18H16N2O2. The number of benzene rings is 3. The van der Waals surface area contributed by atoms with Crippen LogP contribution in [0.25, 0.3) is 21.5 Å². The monoisotopic (exact) mass is 292 g/mol. The minimum Gasteiger partial charge on any atom is -0.504 e. The molecule has 22 heavy (non-hydrogen) atoms. The molecule has 0 atom stereocenters. The summed E-state index contributed by atoms with van der Waals surface area (Å²) in [6.07, 6.45) is 2.83. The van der Waals surface area contributed by atoms with Crippen molar-refractivity contribution in [3.8, 4) is 17.7 Å². The lowest BCUT2D eigenvalue weighted by atomic mass is 9.96. The van der Waals surface area contributed by atoms with Crippen LogP contribution in [-0.4, -0.2) is 28.7 Å². The summed E-state index contributed by atoms with van der Waals surface area (Å²) in [5, 5.41) is 32.3. The maximum absolute atomic E-state index is 10.2. The first kappa shape index (κ1) is 14.0. The average Bonchev–Trinajstić information content (AvgIpc) is 2.55. The summed E-state index contributed by atoms with van der Waals surface area (Å²) in [6, 6.07) is 13.2. The molecule has 4 nitrogen and oxygen atoms in total. The maximum Gasteiger partial charge on any atom is 0.179 e. The highest BCUT2D eigenvalue weighted by Crippen LogP contribution is 2.38. The van der Waals surface area contributed by atoms with Crippen molar-refractivity contribution in [3.63, 3.8) is 0 Å². The molecule has 0 bridgehead atoms. The average molecular weight is 292 g/mol. The molecule has 0 heterocycles. The highest BCUT2D eigenvalue weighted by atomic mass is 16.3. The molecule has 0 amide bonds. The summed E-state index contributed by atoms with van der Waals surface area (Å²) in [7, 11) is 1.75. The largest absolute Gasteiger partial charge is 0.504 e. The first-order chi connectivity index (χ1) is 10.6. The molecule has 0 saturated carbocycles. The van der Waals surface area contributed by atoms with Crippen LogP contribution in [0, 0.1) is 11.5 Å². The van der Waals surface area contributed by atoms with E-state index in [-0.39, 0.29) is 11.5 Å². The number of likely N-dealkylation sites (N-methyl/N-ethyl adjacent to an activating group) is 1. The molecule has 3 aromatic carbocycles. The third kappa shape index (κ3) is 2.27. The van der Waals surface area contributed by atoms with Crippen molar-refractivity contribution in [3.05, 3.63) is 48.0 Å². The summed E-state index contributed by atoms with van der Waals surface area (Å²) in [5.74, 6) is -0.205. The van der Waals surface area contributed by atoms with E-state index < -0.39 is 0 Å². The molecule has 3 rings (SSSR count). The lowest BCUT2D eigenvalue weighted by Crippen LogP contribution is -2.14. The van der Waals surface area contributed by atoms with Crippen molar-refractivity contribution in [2.24, 2.45) is 0 Å². The molecule has 0 saturated heterocycles. The van der Waals surface area contributed by atoms with Gasteiger partial charge in [0.25, 0.3) is 0 Å². The van der Waals surface area contributed by atoms with E-state index >= 15 is 0 Å². The van der Waals surface area contributed by atoms with Gasteiger partial charge < -0.3 is 15.1 Å². The number of rotatable bonds is 3. The Labute approximate surface area is 128 Å². The number of phenols is 2. The van der Waals surface area contributed by atoms with Crippen molar-refractivity contribution >= 4 is 21.5 Å². The highest BCUT2D eigenvalue weighted by Gasteiger charge is 2.11. The number of hydrogen-bond donors (Lipinski definition) is 2. The molecule has 0 radical (unpaired) electrons. The smallest absolute Gasteiger partial charge is 0.179 e. The number of hydrogen-bond acceptors (Lipinski definition) is 4. The molecule has 0 unspecified atom stereocenters. The first-order valence-electron chi connectivity index (χ1n) is 7.08. The second-order valence-electron chi connectivity index (χ2n) is 5.38. The van der Waals surface area contributed by atoms with E-state index in [1.54, 1.807) is 18.0 Å². The molecule has 0 fully saturated rings. The van der Waals surface area contributed by atoms with Crippen LogP contribution in [0.3, 0.4) is 0 Å². The Kier molecular flexibility index (Phi) is 3.48. The van der Waals surface area contributed by atoms with Crippen LogP contribution < -0.4 is 0 Å². The van der Waals surface area contributed by atoms with Crippen molar-refractivity contribution in [2.75, 3.05) is 13.6 Å². The molecule has 4 heteroatoms. The van der Waals surface area contributed by atoms with Crippen LogP contribution in [0.5, 0.6) is 11.5 Å². The fourth-order valence-corrected chi connectivity index (χ4v) is 2.77. The molecule has 0 aromatic heterocycles. The van der Waals surface area contributed by atoms with Gasteiger partial charge in [-0.05, 0) is 34.2 Å². The number of phenolic OH excluding ortho intramolecular Hbond substituents is 2. The van der Waals surface area contributed by atoms with E-state index in [0.29, 0.717) is 11.9 Å². The van der Waals surface area contributed by atoms with Crippen LogP contribution >= 0.6 is 0 Å². The van der Waals surface area contributed by atoms with Crippen LogP contribution in [0.4, 0.5) is 0 Å². The molecule has 0 spiro atoms. The summed E-state index contributed by atoms with van der Waals surface area (Å²) >= 11 is 0. The molecule has 0 aliphatic carbocycles. The number of nitriles is 1. The Balaban J connectivity index is 2.20. The molecular weight excluding hydrogens is 276 g/mol. The SMILES string of the molecule is CN(C#N)CCc1cccc2c1ccc1ccc(O)c(O)c12. The van der Waals surface area contributed by atoms with E-state index in [2.05, 4.69) is 6.19 Å². The van der Waals surface area contributed by atoms with Crippen LogP contribution in [0.1, 0.15) is 5.56 Å². The minimum absolute atomic E-state index is 0.0885. The van der Waals surface area contributed by atoms with Gasteiger partial charge in [-0.2, -0.15) is 5.26 Å². The molecule has 0 aliphatic heterocycles. The Morgan fingerprint density at radius 1 is 1.05 bits per heavy atom.